The normalized spacial score (nSPS) is 18.1. The molecule has 1 saturated heterocycles. The maximum Gasteiger partial charge on any atom is 0.258 e. The molecule has 0 spiro atoms. The highest BCUT2D eigenvalue weighted by atomic mass is 16.7. The van der Waals surface area contributed by atoms with Crippen LogP contribution in [0, 0.1) is 0 Å². The maximum absolute atomic E-state index is 11.7. The second kappa shape index (κ2) is 5.32. The molecule has 19 heavy (non-hydrogen) atoms. The van der Waals surface area contributed by atoms with Gasteiger partial charge in [0.2, 0.25) is 6.79 Å². The fourth-order valence-corrected chi connectivity index (χ4v) is 2.21. The third-order valence-electron chi connectivity index (χ3n) is 3.20. The molecular weight excluding hydrogens is 244 g/mol. The average molecular weight is 260 g/mol. The molecule has 0 atom stereocenters. The molecule has 1 amide bonds. The predicted octanol–water partition coefficient (Wildman–Crippen LogP) is 1.56. The first-order chi connectivity index (χ1) is 9.31. The molecule has 5 nitrogen and oxygen atoms in total. The van der Waals surface area contributed by atoms with Gasteiger partial charge in [-0.15, -0.1) is 0 Å². The van der Waals surface area contributed by atoms with E-state index in [0.29, 0.717) is 0 Å². The molecule has 0 aliphatic carbocycles. The van der Waals surface area contributed by atoms with Crippen LogP contribution in [0.5, 0.6) is 11.5 Å². The molecule has 3 rings (SSSR count). The van der Waals surface area contributed by atoms with Crippen molar-refractivity contribution < 1.29 is 14.3 Å². The van der Waals surface area contributed by atoms with Gasteiger partial charge in [0, 0.05) is 19.2 Å². The molecule has 1 aromatic rings. The smallest absolute Gasteiger partial charge is 0.258 e. The number of fused-ring (bicyclic) bond motifs is 1. The topological polar surface area (TPSA) is 50.8 Å². The average Bonchev–Trinajstić information content (AvgIpc) is 3.06. The molecule has 2 heterocycles. The van der Waals surface area contributed by atoms with Gasteiger partial charge in [-0.2, -0.15) is 0 Å². The molecule has 2 aliphatic rings. The molecule has 100 valence electrons. The molecule has 1 N–H and O–H groups in total. The first-order valence-electron chi connectivity index (χ1n) is 6.44. The van der Waals surface area contributed by atoms with E-state index in [-0.39, 0.29) is 12.7 Å². The Labute approximate surface area is 111 Å². The molecule has 5 heteroatoms. The Bertz CT molecular complexity index is 507. The van der Waals surface area contributed by atoms with Crippen LogP contribution >= 0.6 is 0 Å². The fourth-order valence-electron chi connectivity index (χ4n) is 2.21. The van der Waals surface area contributed by atoms with E-state index in [1.165, 1.54) is 6.08 Å². The van der Waals surface area contributed by atoms with Crippen LogP contribution in [0.25, 0.3) is 6.08 Å². The summed E-state index contributed by atoms with van der Waals surface area (Å²) in [6, 6.07) is 5.61. The van der Waals surface area contributed by atoms with Gasteiger partial charge in [-0.3, -0.25) is 10.2 Å². The second-order valence-electron chi connectivity index (χ2n) is 4.62. The molecular formula is C14H16N2O3. The van der Waals surface area contributed by atoms with Crippen LogP contribution in [0.4, 0.5) is 0 Å². The zero-order chi connectivity index (χ0) is 13.1. The van der Waals surface area contributed by atoms with E-state index in [9.17, 15) is 4.79 Å². The van der Waals surface area contributed by atoms with E-state index >= 15 is 0 Å². The number of amides is 1. The summed E-state index contributed by atoms with van der Waals surface area (Å²) in [5.41, 5.74) is 3.77. The standard InChI is InChI=1S/C14H16N2O3/c17-14(15-16-7-1-2-8-16)6-4-11-3-5-12-13(9-11)19-10-18-12/h3-6,9H,1-2,7-8,10H2,(H,15,17)/b6-4+. The van der Waals surface area contributed by atoms with Crippen LogP contribution in [-0.2, 0) is 4.79 Å². The molecule has 0 unspecified atom stereocenters. The third kappa shape index (κ3) is 2.88. The highest BCUT2D eigenvalue weighted by Crippen LogP contribution is 2.32. The first-order valence-corrected chi connectivity index (χ1v) is 6.44. The summed E-state index contributed by atoms with van der Waals surface area (Å²) in [5.74, 6) is 1.38. The Hall–Kier alpha value is -2.01. The number of hydrazine groups is 1. The number of nitrogens with one attached hydrogen (secondary N) is 1. The maximum atomic E-state index is 11.7. The number of benzene rings is 1. The molecule has 1 fully saturated rings. The van der Waals surface area contributed by atoms with Gasteiger partial charge in [-0.1, -0.05) is 6.07 Å². The van der Waals surface area contributed by atoms with Crippen molar-refractivity contribution in [2.24, 2.45) is 0 Å². The number of nitrogens with zero attached hydrogens (tertiary/aromatic N) is 1. The number of rotatable bonds is 3. The Morgan fingerprint density at radius 1 is 1.21 bits per heavy atom. The van der Waals surface area contributed by atoms with Crippen LogP contribution in [0.15, 0.2) is 24.3 Å². The number of hydrogen-bond acceptors (Lipinski definition) is 4. The van der Waals surface area contributed by atoms with Crippen molar-refractivity contribution in [3.8, 4) is 11.5 Å². The van der Waals surface area contributed by atoms with Crippen molar-refractivity contribution in [2.45, 2.75) is 12.8 Å². The van der Waals surface area contributed by atoms with E-state index in [0.717, 1.165) is 43.0 Å². The minimum absolute atomic E-state index is 0.0976. The number of ether oxygens (including phenoxy) is 2. The van der Waals surface area contributed by atoms with Gasteiger partial charge in [0.1, 0.15) is 0 Å². The zero-order valence-corrected chi connectivity index (χ0v) is 10.6. The largest absolute Gasteiger partial charge is 0.454 e. The number of hydrogen-bond donors (Lipinski definition) is 1. The minimum Gasteiger partial charge on any atom is -0.454 e. The van der Waals surface area contributed by atoms with Crippen LogP contribution < -0.4 is 14.9 Å². The van der Waals surface area contributed by atoms with Gasteiger partial charge in [0.15, 0.2) is 11.5 Å². The Balaban J connectivity index is 1.60. The van der Waals surface area contributed by atoms with Crippen molar-refractivity contribution in [2.75, 3.05) is 19.9 Å². The molecule has 0 aromatic heterocycles. The van der Waals surface area contributed by atoms with Crippen LogP contribution in [0.1, 0.15) is 18.4 Å². The molecule has 2 aliphatic heterocycles. The minimum atomic E-state index is -0.0976. The number of carbonyl (C=O) groups excluding carboxylic acids is 1. The van der Waals surface area contributed by atoms with Gasteiger partial charge in [-0.25, -0.2) is 5.01 Å². The molecule has 1 aromatic carbocycles. The summed E-state index contributed by atoms with van der Waals surface area (Å²) >= 11 is 0. The van der Waals surface area contributed by atoms with Gasteiger partial charge in [0.05, 0.1) is 0 Å². The van der Waals surface area contributed by atoms with E-state index < -0.39 is 0 Å². The van der Waals surface area contributed by atoms with Crippen molar-refractivity contribution in [1.29, 1.82) is 0 Å². The summed E-state index contributed by atoms with van der Waals surface area (Å²) < 4.78 is 10.5. The summed E-state index contributed by atoms with van der Waals surface area (Å²) in [5, 5.41) is 1.95. The van der Waals surface area contributed by atoms with E-state index in [2.05, 4.69) is 5.43 Å². The van der Waals surface area contributed by atoms with Crippen molar-refractivity contribution in [3.05, 3.63) is 29.8 Å². The Morgan fingerprint density at radius 2 is 2.00 bits per heavy atom. The SMILES string of the molecule is O=C(/C=C/c1ccc2c(c1)OCO2)NN1CCCC1. The first kappa shape index (κ1) is 12.0. The summed E-state index contributed by atoms with van der Waals surface area (Å²) in [6.45, 7) is 2.13. The lowest BCUT2D eigenvalue weighted by Gasteiger charge is -2.14. The zero-order valence-electron chi connectivity index (χ0n) is 10.6. The summed E-state index contributed by atoms with van der Waals surface area (Å²) in [7, 11) is 0. The molecule has 0 radical (unpaired) electrons. The van der Waals surface area contributed by atoms with Crippen molar-refractivity contribution >= 4 is 12.0 Å². The van der Waals surface area contributed by atoms with Crippen molar-refractivity contribution in [3.63, 3.8) is 0 Å². The Kier molecular flexibility index (Phi) is 3.37. The number of carbonyl (C=O) groups is 1. The summed E-state index contributed by atoms with van der Waals surface area (Å²) in [6.07, 6.45) is 5.60. The van der Waals surface area contributed by atoms with E-state index in [1.54, 1.807) is 6.08 Å². The quantitative estimate of drug-likeness (QED) is 0.838. The third-order valence-corrected chi connectivity index (χ3v) is 3.20. The van der Waals surface area contributed by atoms with Gasteiger partial charge < -0.3 is 9.47 Å². The van der Waals surface area contributed by atoms with Gasteiger partial charge >= 0.3 is 0 Å². The second-order valence-corrected chi connectivity index (χ2v) is 4.62. The molecule has 0 bridgehead atoms. The summed E-state index contributed by atoms with van der Waals surface area (Å²) in [4.78, 5) is 11.7. The lowest BCUT2D eigenvalue weighted by atomic mass is 10.2. The highest BCUT2D eigenvalue weighted by Gasteiger charge is 2.13. The van der Waals surface area contributed by atoms with E-state index in [1.807, 2.05) is 23.2 Å². The van der Waals surface area contributed by atoms with Crippen LogP contribution in [0.2, 0.25) is 0 Å². The predicted molar refractivity (Wildman–Crippen MR) is 70.5 cm³/mol. The van der Waals surface area contributed by atoms with Gasteiger partial charge in [0.25, 0.3) is 5.91 Å². The lowest BCUT2D eigenvalue weighted by molar-refractivity contribution is -0.120. The lowest BCUT2D eigenvalue weighted by Crippen LogP contribution is -2.38. The van der Waals surface area contributed by atoms with Crippen LogP contribution in [-0.4, -0.2) is 30.8 Å². The van der Waals surface area contributed by atoms with Gasteiger partial charge in [-0.05, 0) is 36.6 Å². The van der Waals surface area contributed by atoms with Crippen LogP contribution in [0.3, 0.4) is 0 Å². The van der Waals surface area contributed by atoms with Crippen molar-refractivity contribution in [1.82, 2.24) is 10.4 Å². The Morgan fingerprint density at radius 3 is 2.84 bits per heavy atom. The monoisotopic (exact) mass is 260 g/mol. The highest BCUT2D eigenvalue weighted by molar-refractivity contribution is 5.91. The van der Waals surface area contributed by atoms with E-state index in [4.69, 9.17) is 9.47 Å². The molecule has 0 saturated carbocycles. The fraction of sp³-hybridized carbons (Fsp3) is 0.357.